The lowest BCUT2D eigenvalue weighted by Gasteiger charge is -2.11. The highest BCUT2D eigenvalue weighted by Crippen LogP contribution is 2.36. The van der Waals surface area contributed by atoms with Gasteiger partial charge >= 0.3 is 0 Å². The molecule has 0 aliphatic carbocycles. The Morgan fingerprint density at radius 2 is 1.80 bits per heavy atom. The Bertz CT molecular complexity index is 1500. The van der Waals surface area contributed by atoms with Crippen LogP contribution in [0.5, 0.6) is 0 Å². The van der Waals surface area contributed by atoms with E-state index in [0.29, 0.717) is 11.3 Å². The third-order valence-corrected chi connectivity index (χ3v) is 6.60. The van der Waals surface area contributed by atoms with Crippen molar-refractivity contribution in [2.45, 2.75) is 4.90 Å². The van der Waals surface area contributed by atoms with E-state index in [0.717, 1.165) is 27.4 Å². The summed E-state index contributed by atoms with van der Waals surface area (Å²) in [5.74, 6) is 0. The minimum atomic E-state index is -3.73. The number of hydrogen-bond acceptors (Lipinski definition) is 4. The number of rotatable bonds is 4. The van der Waals surface area contributed by atoms with Crippen LogP contribution in [-0.4, -0.2) is 27.7 Å². The summed E-state index contributed by atoms with van der Waals surface area (Å²) >= 11 is 0. The second-order valence-corrected chi connectivity index (χ2v) is 8.85. The van der Waals surface area contributed by atoms with E-state index in [2.05, 4.69) is 20.9 Å². The van der Waals surface area contributed by atoms with Gasteiger partial charge in [0.15, 0.2) is 0 Å². The molecule has 2 aromatic carbocycles. The summed E-state index contributed by atoms with van der Waals surface area (Å²) in [6.07, 6.45) is 5.40. The van der Waals surface area contributed by atoms with Gasteiger partial charge in [-0.15, -0.1) is 0 Å². The monoisotopic (exact) mass is 417 g/mol. The molecule has 0 atom stereocenters. The Kier molecular flexibility index (Phi) is 4.11. The number of nitrogens with zero attached hydrogens (tertiary/aromatic N) is 4. The van der Waals surface area contributed by atoms with Crippen molar-refractivity contribution in [3.63, 3.8) is 0 Å². The zero-order valence-electron chi connectivity index (χ0n) is 16.4. The third-order valence-electron chi connectivity index (χ3n) is 5.22. The van der Waals surface area contributed by atoms with Crippen molar-refractivity contribution in [1.82, 2.24) is 19.3 Å². The Morgan fingerprint density at radius 1 is 1.00 bits per heavy atom. The van der Waals surface area contributed by atoms with Crippen molar-refractivity contribution < 1.29 is 8.42 Å². The number of aryl methyl sites for hydroxylation is 2. The number of nitrogens with one attached hydrogen (secondary N) is 1. The number of pyridine rings is 1. The van der Waals surface area contributed by atoms with Crippen molar-refractivity contribution in [3.8, 4) is 11.1 Å². The first-order chi connectivity index (χ1) is 14.4. The smallest absolute Gasteiger partial charge is 0.261 e. The topological polar surface area (TPSA) is 81.8 Å². The lowest BCUT2D eigenvalue weighted by Crippen LogP contribution is -2.13. The molecule has 150 valence electrons. The van der Waals surface area contributed by atoms with Gasteiger partial charge in [-0.1, -0.05) is 30.3 Å². The van der Waals surface area contributed by atoms with E-state index in [1.54, 1.807) is 42.6 Å². The predicted octanol–water partition coefficient (Wildman–Crippen LogP) is 3.93. The maximum atomic E-state index is 12.9. The number of sulfonamides is 1. The van der Waals surface area contributed by atoms with Crippen LogP contribution in [0.15, 0.2) is 78.1 Å². The van der Waals surface area contributed by atoms with Crippen LogP contribution in [0.3, 0.4) is 0 Å². The Morgan fingerprint density at radius 3 is 2.60 bits per heavy atom. The molecule has 5 aromatic rings. The zero-order valence-corrected chi connectivity index (χ0v) is 17.3. The largest absolute Gasteiger partial charge is 0.335 e. The van der Waals surface area contributed by atoms with E-state index in [1.165, 1.54) is 0 Å². The van der Waals surface area contributed by atoms with Crippen LogP contribution >= 0.6 is 0 Å². The fourth-order valence-electron chi connectivity index (χ4n) is 3.72. The Hall–Kier alpha value is -3.65. The van der Waals surface area contributed by atoms with Gasteiger partial charge in [-0.05, 0) is 29.8 Å². The van der Waals surface area contributed by atoms with Gasteiger partial charge in [0.2, 0.25) is 0 Å². The van der Waals surface area contributed by atoms with Crippen LogP contribution < -0.4 is 4.72 Å². The van der Waals surface area contributed by atoms with Crippen molar-refractivity contribution >= 4 is 37.6 Å². The first-order valence-electron chi connectivity index (χ1n) is 9.38. The molecule has 0 unspecified atom stereocenters. The fraction of sp³-hybridized carbons (Fsp3) is 0.0909. The van der Waals surface area contributed by atoms with Crippen LogP contribution in [0.25, 0.3) is 33.1 Å². The fourth-order valence-corrected chi connectivity index (χ4v) is 4.81. The van der Waals surface area contributed by atoms with Gasteiger partial charge in [0, 0.05) is 37.4 Å². The molecule has 0 bridgehead atoms. The maximum absolute atomic E-state index is 12.9. The summed E-state index contributed by atoms with van der Waals surface area (Å²) in [5.41, 5.74) is 4.05. The molecule has 3 heterocycles. The molecule has 0 fully saturated rings. The number of anilines is 1. The summed E-state index contributed by atoms with van der Waals surface area (Å²) in [7, 11) is 0.0706. The van der Waals surface area contributed by atoms with Crippen LogP contribution in [0.2, 0.25) is 0 Å². The molecule has 1 N–H and O–H groups in total. The molecular formula is C22H19N5O2S. The zero-order chi connectivity index (χ0) is 20.9. The van der Waals surface area contributed by atoms with Crippen LogP contribution in [0, 0.1) is 0 Å². The van der Waals surface area contributed by atoms with Gasteiger partial charge in [-0.3, -0.25) is 9.40 Å². The molecule has 0 saturated carbocycles. The second kappa shape index (κ2) is 6.70. The SMILES string of the molecule is Cn1cc(-c2ccc3cnn(C)c3c2)c2c(NS(=O)(=O)c3ccccc3)ccnc21. The standard InChI is InChI=1S/C22H19N5O2S/c1-26-14-18(15-8-9-16-13-24-27(2)20(16)12-15)21-19(10-11-23-22(21)26)25-30(28,29)17-6-4-3-5-7-17/h3-14H,1-2H3,(H,23,25). The first kappa shape index (κ1) is 18.4. The first-order valence-corrected chi connectivity index (χ1v) is 10.9. The van der Waals surface area contributed by atoms with E-state index >= 15 is 0 Å². The molecular weight excluding hydrogens is 398 g/mol. The normalized spacial score (nSPS) is 11.9. The maximum Gasteiger partial charge on any atom is 0.261 e. The number of fused-ring (bicyclic) bond motifs is 2. The average Bonchev–Trinajstić information content (AvgIpc) is 3.29. The molecule has 3 aromatic heterocycles. The lowest BCUT2D eigenvalue weighted by molar-refractivity contribution is 0.601. The molecule has 30 heavy (non-hydrogen) atoms. The minimum Gasteiger partial charge on any atom is -0.335 e. The number of benzene rings is 2. The molecule has 0 spiro atoms. The van der Waals surface area contributed by atoms with Crippen molar-refractivity contribution in [2.75, 3.05) is 4.72 Å². The summed E-state index contributed by atoms with van der Waals surface area (Å²) in [6.45, 7) is 0. The molecule has 0 saturated heterocycles. The molecule has 7 nitrogen and oxygen atoms in total. The van der Waals surface area contributed by atoms with Crippen molar-refractivity contribution in [3.05, 3.63) is 73.2 Å². The molecule has 5 rings (SSSR count). The second-order valence-electron chi connectivity index (χ2n) is 7.17. The van der Waals surface area contributed by atoms with Gasteiger partial charge < -0.3 is 4.57 Å². The molecule has 0 amide bonds. The molecule has 0 radical (unpaired) electrons. The van der Waals surface area contributed by atoms with Crippen LogP contribution in [-0.2, 0) is 24.1 Å². The molecule has 0 aliphatic rings. The van der Waals surface area contributed by atoms with E-state index in [-0.39, 0.29) is 4.90 Å². The van der Waals surface area contributed by atoms with E-state index in [9.17, 15) is 8.42 Å². The third kappa shape index (κ3) is 2.93. The Labute approximate surface area is 173 Å². The highest BCUT2D eigenvalue weighted by Gasteiger charge is 2.19. The molecule has 8 heteroatoms. The van der Waals surface area contributed by atoms with E-state index < -0.39 is 10.0 Å². The highest BCUT2D eigenvalue weighted by molar-refractivity contribution is 7.92. The van der Waals surface area contributed by atoms with Gasteiger partial charge in [-0.25, -0.2) is 13.4 Å². The van der Waals surface area contributed by atoms with Crippen molar-refractivity contribution in [1.29, 1.82) is 0 Å². The molecule has 0 aliphatic heterocycles. The van der Waals surface area contributed by atoms with Crippen LogP contribution in [0.4, 0.5) is 5.69 Å². The van der Waals surface area contributed by atoms with Gasteiger partial charge in [0.1, 0.15) is 5.65 Å². The summed E-state index contributed by atoms with van der Waals surface area (Å²) in [6, 6.07) is 16.1. The van der Waals surface area contributed by atoms with Gasteiger partial charge in [0.05, 0.1) is 27.7 Å². The summed E-state index contributed by atoms with van der Waals surface area (Å²) in [5, 5.41) is 6.10. The quantitative estimate of drug-likeness (QED) is 0.480. The van der Waals surface area contributed by atoms with Crippen LogP contribution in [0.1, 0.15) is 0 Å². The lowest BCUT2D eigenvalue weighted by atomic mass is 10.0. The minimum absolute atomic E-state index is 0.212. The highest BCUT2D eigenvalue weighted by atomic mass is 32.2. The predicted molar refractivity (Wildman–Crippen MR) is 118 cm³/mol. The number of hydrogen-bond donors (Lipinski definition) is 1. The van der Waals surface area contributed by atoms with Gasteiger partial charge in [0.25, 0.3) is 10.0 Å². The Balaban J connectivity index is 1.70. The average molecular weight is 417 g/mol. The summed E-state index contributed by atoms with van der Waals surface area (Å²) in [4.78, 5) is 4.68. The van der Waals surface area contributed by atoms with Gasteiger partial charge in [-0.2, -0.15) is 5.10 Å². The number of aromatic nitrogens is 4. The van der Waals surface area contributed by atoms with E-state index in [4.69, 9.17) is 0 Å². The van der Waals surface area contributed by atoms with Crippen molar-refractivity contribution in [2.24, 2.45) is 14.1 Å². The summed E-state index contributed by atoms with van der Waals surface area (Å²) < 4.78 is 32.3. The van der Waals surface area contributed by atoms with E-state index in [1.807, 2.05) is 47.9 Å².